The Kier molecular flexibility index (Phi) is 5.42. The van der Waals surface area contributed by atoms with Crippen LogP contribution in [0.5, 0.6) is 5.75 Å². The second kappa shape index (κ2) is 7.56. The highest BCUT2D eigenvalue weighted by Crippen LogP contribution is 2.33. The van der Waals surface area contributed by atoms with Crippen LogP contribution in [-0.4, -0.2) is 28.9 Å². The van der Waals surface area contributed by atoms with Crippen molar-refractivity contribution in [2.24, 2.45) is 5.92 Å². The summed E-state index contributed by atoms with van der Waals surface area (Å²) in [7, 11) is 1.67. The third-order valence-electron chi connectivity index (χ3n) is 4.40. The van der Waals surface area contributed by atoms with Gasteiger partial charge in [-0.05, 0) is 31.7 Å². The molecule has 5 heteroatoms. The zero-order valence-corrected chi connectivity index (χ0v) is 16.2. The van der Waals surface area contributed by atoms with Crippen LogP contribution < -0.4 is 4.74 Å². The van der Waals surface area contributed by atoms with E-state index in [1.165, 1.54) is 0 Å². The van der Waals surface area contributed by atoms with Crippen LogP contribution in [0.4, 0.5) is 0 Å². The van der Waals surface area contributed by atoms with Crippen molar-refractivity contribution in [2.75, 3.05) is 7.11 Å². The molecule has 0 bridgehead atoms. The molecule has 2 aromatic rings. The molecule has 1 aromatic carbocycles. The van der Waals surface area contributed by atoms with Gasteiger partial charge in [0.25, 0.3) is 5.91 Å². The van der Waals surface area contributed by atoms with Gasteiger partial charge in [-0.3, -0.25) is 4.79 Å². The minimum Gasteiger partial charge on any atom is -0.496 e. The van der Waals surface area contributed by atoms with E-state index in [2.05, 4.69) is 18.8 Å². The fourth-order valence-electron chi connectivity index (χ4n) is 2.99. The number of rotatable bonds is 7. The lowest BCUT2D eigenvalue weighted by Crippen LogP contribution is -2.32. The largest absolute Gasteiger partial charge is 0.496 e. The van der Waals surface area contributed by atoms with E-state index in [9.17, 15) is 4.79 Å². The molecular weight excluding hydrogens is 332 g/mol. The summed E-state index contributed by atoms with van der Waals surface area (Å²) in [5, 5.41) is 1.06. The number of amides is 1. The molecule has 1 amide bonds. The van der Waals surface area contributed by atoms with Gasteiger partial charge >= 0.3 is 0 Å². The van der Waals surface area contributed by atoms with Gasteiger partial charge in [0.2, 0.25) is 0 Å². The third-order valence-corrected chi connectivity index (χ3v) is 5.57. The summed E-state index contributed by atoms with van der Waals surface area (Å²) in [5.74, 6) is 1.49. The maximum Gasteiger partial charge on any atom is 0.266 e. The Morgan fingerprint density at radius 1 is 1.36 bits per heavy atom. The second-order valence-electron chi connectivity index (χ2n) is 7.10. The Labute approximate surface area is 153 Å². The van der Waals surface area contributed by atoms with Crippen LogP contribution in [0.15, 0.2) is 24.3 Å². The second-order valence-corrected chi connectivity index (χ2v) is 8.18. The SMILES string of the molecule is COc1ccccc1CN(C(=O)c1sc(CC(C)C)nc1C)C1CC1. The lowest BCUT2D eigenvalue weighted by molar-refractivity contribution is 0.0732. The summed E-state index contributed by atoms with van der Waals surface area (Å²) in [6.07, 6.45) is 3.09. The number of aryl methyl sites for hydroxylation is 1. The number of ether oxygens (including phenoxy) is 1. The molecule has 0 unspecified atom stereocenters. The highest BCUT2D eigenvalue weighted by atomic mass is 32.1. The van der Waals surface area contributed by atoms with Crippen LogP contribution in [0.2, 0.25) is 0 Å². The molecule has 0 N–H and O–H groups in total. The first-order valence-corrected chi connectivity index (χ1v) is 9.70. The monoisotopic (exact) mass is 358 g/mol. The lowest BCUT2D eigenvalue weighted by Gasteiger charge is -2.23. The maximum atomic E-state index is 13.2. The van der Waals surface area contributed by atoms with Crippen molar-refractivity contribution in [3.05, 3.63) is 45.4 Å². The van der Waals surface area contributed by atoms with E-state index >= 15 is 0 Å². The van der Waals surface area contributed by atoms with Crippen molar-refractivity contribution in [1.29, 1.82) is 0 Å². The number of methoxy groups -OCH3 is 1. The van der Waals surface area contributed by atoms with Crippen LogP contribution >= 0.6 is 11.3 Å². The molecule has 0 radical (unpaired) electrons. The van der Waals surface area contributed by atoms with E-state index in [0.717, 1.165) is 46.2 Å². The van der Waals surface area contributed by atoms with E-state index in [-0.39, 0.29) is 5.91 Å². The van der Waals surface area contributed by atoms with Crippen molar-refractivity contribution >= 4 is 17.2 Å². The number of carbonyl (C=O) groups is 1. The normalized spacial score (nSPS) is 14.0. The number of aromatic nitrogens is 1. The Morgan fingerprint density at radius 2 is 2.08 bits per heavy atom. The molecule has 1 fully saturated rings. The van der Waals surface area contributed by atoms with Gasteiger partial charge in [-0.25, -0.2) is 4.98 Å². The number of benzene rings is 1. The fourth-order valence-corrected chi connectivity index (χ4v) is 4.22. The van der Waals surface area contributed by atoms with Crippen LogP contribution in [0, 0.1) is 12.8 Å². The van der Waals surface area contributed by atoms with Crippen LogP contribution in [0.25, 0.3) is 0 Å². The molecule has 0 aliphatic heterocycles. The van der Waals surface area contributed by atoms with Gasteiger partial charge in [-0.15, -0.1) is 11.3 Å². The first-order chi connectivity index (χ1) is 12.0. The van der Waals surface area contributed by atoms with E-state index in [4.69, 9.17) is 4.74 Å². The van der Waals surface area contributed by atoms with Crippen LogP contribution in [-0.2, 0) is 13.0 Å². The average Bonchev–Trinajstić information content (AvgIpc) is 3.35. The highest BCUT2D eigenvalue weighted by Gasteiger charge is 2.35. The van der Waals surface area contributed by atoms with Crippen LogP contribution in [0.3, 0.4) is 0 Å². The summed E-state index contributed by atoms with van der Waals surface area (Å²) in [5.41, 5.74) is 1.91. The molecular formula is C20H26N2O2S. The summed E-state index contributed by atoms with van der Waals surface area (Å²) < 4.78 is 5.46. The van der Waals surface area contributed by atoms with Gasteiger partial charge in [0.1, 0.15) is 10.6 Å². The first kappa shape index (κ1) is 17.9. The summed E-state index contributed by atoms with van der Waals surface area (Å²) in [6, 6.07) is 8.27. The maximum absolute atomic E-state index is 13.2. The van der Waals surface area contributed by atoms with Crippen molar-refractivity contribution in [2.45, 2.75) is 52.6 Å². The molecule has 0 atom stereocenters. The molecule has 134 valence electrons. The van der Waals surface area contributed by atoms with Crippen molar-refractivity contribution in [3.63, 3.8) is 0 Å². The number of hydrogen-bond acceptors (Lipinski definition) is 4. The van der Waals surface area contributed by atoms with Gasteiger partial charge in [-0.2, -0.15) is 0 Å². The number of carbonyl (C=O) groups excluding carboxylic acids is 1. The van der Waals surface area contributed by atoms with Gasteiger partial charge in [0, 0.05) is 24.6 Å². The van der Waals surface area contributed by atoms with E-state index < -0.39 is 0 Å². The van der Waals surface area contributed by atoms with E-state index in [0.29, 0.717) is 18.5 Å². The number of hydrogen-bond donors (Lipinski definition) is 0. The number of thiazole rings is 1. The fraction of sp³-hybridized carbons (Fsp3) is 0.500. The third kappa shape index (κ3) is 4.21. The van der Waals surface area contributed by atoms with Crippen LogP contribution in [0.1, 0.15) is 52.6 Å². The smallest absolute Gasteiger partial charge is 0.266 e. The molecule has 1 saturated carbocycles. The molecule has 1 aromatic heterocycles. The summed E-state index contributed by atoms with van der Waals surface area (Å²) in [4.78, 5) is 20.6. The molecule has 0 saturated heterocycles. The van der Waals surface area contributed by atoms with Gasteiger partial charge < -0.3 is 9.64 Å². The Hall–Kier alpha value is -1.88. The van der Waals surface area contributed by atoms with Gasteiger partial charge in [0.05, 0.1) is 17.8 Å². The number of para-hydroxylation sites is 1. The predicted octanol–water partition coefficient (Wildman–Crippen LogP) is 4.46. The first-order valence-electron chi connectivity index (χ1n) is 8.88. The van der Waals surface area contributed by atoms with Crippen molar-refractivity contribution in [1.82, 2.24) is 9.88 Å². The topological polar surface area (TPSA) is 42.4 Å². The Morgan fingerprint density at radius 3 is 2.72 bits per heavy atom. The molecule has 0 spiro atoms. The molecule has 4 nitrogen and oxygen atoms in total. The van der Waals surface area contributed by atoms with Crippen molar-refractivity contribution < 1.29 is 9.53 Å². The summed E-state index contributed by atoms with van der Waals surface area (Å²) >= 11 is 1.56. The molecule has 1 heterocycles. The Bertz CT molecular complexity index is 750. The minimum absolute atomic E-state index is 0.110. The van der Waals surface area contributed by atoms with Gasteiger partial charge in [-0.1, -0.05) is 32.0 Å². The number of nitrogens with zero attached hydrogens (tertiary/aromatic N) is 2. The van der Waals surface area contributed by atoms with Crippen molar-refractivity contribution in [3.8, 4) is 5.75 Å². The Balaban J connectivity index is 1.83. The lowest BCUT2D eigenvalue weighted by atomic mass is 10.1. The summed E-state index contributed by atoms with van der Waals surface area (Å²) in [6.45, 7) is 6.89. The minimum atomic E-state index is 0.110. The molecule has 1 aliphatic carbocycles. The predicted molar refractivity (Wildman–Crippen MR) is 101 cm³/mol. The highest BCUT2D eigenvalue weighted by molar-refractivity contribution is 7.13. The molecule has 25 heavy (non-hydrogen) atoms. The molecule has 1 aliphatic rings. The zero-order chi connectivity index (χ0) is 18.0. The standard InChI is InChI=1S/C20H26N2O2S/c1-13(2)11-18-21-14(3)19(25-18)20(23)22(16-9-10-16)12-15-7-5-6-8-17(15)24-4/h5-8,13,16H,9-12H2,1-4H3. The quantitative estimate of drug-likeness (QED) is 0.734. The van der Waals surface area contributed by atoms with E-state index in [1.807, 2.05) is 36.1 Å². The van der Waals surface area contributed by atoms with Gasteiger partial charge in [0.15, 0.2) is 0 Å². The average molecular weight is 359 g/mol. The molecule has 3 rings (SSSR count). The zero-order valence-electron chi connectivity index (χ0n) is 15.4. The van der Waals surface area contributed by atoms with E-state index in [1.54, 1.807) is 18.4 Å².